The van der Waals surface area contributed by atoms with Crippen molar-refractivity contribution in [3.05, 3.63) is 35.9 Å². The number of carbonyl (C=O) groups is 3. The summed E-state index contributed by atoms with van der Waals surface area (Å²) in [5, 5.41) is 0. The van der Waals surface area contributed by atoms with E-state index in [-0.39, 0.29) is 17.5 Å². The lowest BCUT2D eigenvalue weighted by Crippen LogP contribution is -2.54. The normalized spacial score (nSPS) is 29.4. The van der Waals surface area contributed by atoms with Gasteiger partial charge in [-0.05, 0) is 31.2 Å². The molecule has 1 aliphatic rings. The van der Waals surface area contributed by atoms with Crippen molar-refractivity contribution in [3.8, 4) is 0 Å². The molecule has 136 valence electrons. The maximum atomic E-state index is 12.6. The Labute approximate surface area is 149 Å². The van der Waals surface area contributed by atoms with E-state index in [9.17, 15) is 14.4 Å². The van der Waals surface area contributed by atoms with Crippen LogP contribution in [0.15, 0.2) is 30.3 Å². The minimum Gasteiger partial charge on any atom is -0.376 e. The molecule has 0 N–H and O–H groups in total. The van der Waals surface area contributed by atoms with Gasteiger partial charge in [0.05, 0.1) is 13.2 Å². The average molecular weight is 344 g/mol. The quantitative estimate of drug-likeness (QED) is 0.674. The molecule has 0 aliphatic heterocycles. The second kappa shape index (κ2) is 8.05. The number of ketones is 2. The van der Waals surface area contributed by atoms with E-state index in [1.54, 1.807) is 0 Å². The molecule has 0 heterocycles. The van der Waals surface area contributed by atoms with E-state index in [0.29, 0.717) is 38.9 Å². The lowest BCUT2D eigenvalue weighted by Gasteiger charge is -2.50. The Bertz CT molecular complexity index is 624. The Morgan fingerprint density at radius 3 is 2.56 bits per heavy atom. The lowest BCUT2D eigenvalue weighted by molar-refractivity contribution is -0.156. The largest absolute Gasteiger partial charge is 0.376 e. The van der Waals surface area contributed by atoms with Crippen molar-refractivity contribution in [1.29, 1.82) is 0 Å². The fourth-order valence-electron chi connectivity index (χ4n) is 3.84. The summed E-state index contributed by atoms with van der Waals surface area (Å²) in [7, 11) is 0. The van der Waals surface area contributed by atoms with Crippen LogP contribution in [-0.2, 0) is 25.7 Å². The summed E-state index contributed by atoms with van der Waals surface area (Å²) in [5.74, 6) is 0.107. The van der Waals surface area contributed by atoms with Crippen molar-refractivity contribution in [1.82, 2.24) is 0 Å². The monoisotopic (exact) mass is 344 g/mol. The van der Waals surface area contributed by atoms with Crippen molar-refractivity contribution < 1.29 is 19.1 Å². The average Bonchev–Trinajstić information content (AvgIpc) is 2.61. The van der Waals surface area contributed by atoms with Crippen LogP contribution < -0.4 is 0 Å². The van der Waals surface area contributed by atoms with Gasteiger partial charge in [0, 0.05) is 23.7 Å². The molecule has 4 heteroatoms. The number of carbonyl (C=O) groups excluding carboxylic acids is 3. The molecule has 1 aliphatic carbocycles. The van der Waals surface area contributed by atoms with Gasteiger partial charge < -0.3 is 14.3 Å². The van der Waals surface area contributed by atoms with Gasteiger partial charge in [-0.1, -0.05) is 44.2 Å². The van der Waals surface area contributed by atoms with Crippen LogP contribution in [0.25, 0.3) is 0 Å². The van der Waals surface area contributed by atoms with Gasteiger partial charge in [-0.25, -0.2) is 0 Å². The van der Waals surface area contributed by atoms with Gasteiger partial charge in [-0.2, -0.15) is 0 Å². The van der Waals surface area contributed by atoms with Crippen molar-refractivity contribution in [2.24, 2.45) is 16.7 Å². The summed E-state index contributed by atoms with van der Waals surface area (Å²) >= 11 is 0. The molecule has 0 spiro atoms. The van der Waals surface area contributed by atoms with E-state index in [2.05, 4.69) is 0 Å². The predicted molar refractivity (Wildman–Crippen MR) is 96.0 cm³/mol. The van der Waals surface area contributed by atoms with Gasteiger partial charge in [0.25, 0.3) is 0 Å². The summed E-state index contributed by atoms with van der Waals surface area (Å²) in [6.45, 7) is 6.15. The van der Waals surface area contributed by atoms with Crippen molar-refractivity contribution in [3.63, 3.8) is 0 Å². The number of hydrogen-bond donors (Lipinski definition) is 0. The topological polar surface area (TPSA) is 60.4 Å². The first-order valence-electron chi connectivity index (χ1n) is 8.94. The van der Waals surface area contributed by atoms with E-state index >= 15 is 0 Å². The van der Waals surface area contributed by atoms with Crippen LogP contribution in [0.4, 0.5) is 0 Å². The molecule has 1 aromatic rings. The van der Waals surface area contributed by atoms with E-state index < -0.39 is 10.8 Å². The van der Waals surface area contributed by atoms with E-state index in [0.717, 1.165) is 11.8 Å². The van der Waals surface area contributed by atoms with Crippen molar-refractivity contribution in [2.75, 3.05) is 6.61 Å². The van der Waals surface area contributed by atoms with E-state index in [4.69, 9.17) is 4.74 Å². The SMILES string of the molecule is CC(=O)CC[C@@]1(C)C(=O)CC[C@@H](COCc2ccccc2)[C@]1(C)C=O. The molecular formula is C21H28O4. The van der Waals surface area contributed by atoms with Crippen LogP contribution in [0.3, 0.4) is 0 Å². The number of rotatable bonds is 8. The maximum Gasteiger partial charge on any atom is 0.139 e. The Morgan fingerprint density at radius 2 is 1.96 bits per heavy atom. The summed E-state index contributed by atoms with van der Waals surface area (Å²) in [6, 6.07) is 9.89. The summed E-state index contributed by atoms with van der Waals surface area (Å²) in [6.07, 6.45) is 2.76. The highest BCUT2D eigenvalue weighted by Gasteiger charge is 2.56. The molecule has 0 unspecified atom stereocenters. The third-order valence-electron chi connectivity index (χ3n) is 6.02. The first-order chi connectivity index (χ1) is 11.8. The van der Waals surface area contributed by atoms with Crippen LogP contribution in [0, 0.1) is 16.7 Å². The van der Waals surface area contributed by atoms with E-state index in [1.807, 2.05) is 44.2 Å². The Morgan fingerprint density at radius 1 is 1.28 bits per heavy atom. The molecule has 25 heavy (non-hydrogen) atoms. The third-order valence-corrected chi connectivity index (χ3v) is 6.02. The molecule has 3 atom stereocenters. The van der Waals surface area contributed by atoms with Crippen LogP contribution in [0.1, 0.15) is 52.0 Å². The molecule has 4 nitrogen and oxygen atoms in total. The minimum atomic E-state index is -0.811. The van der Waals surface area contributed by atoms with Gasteiger partial charge in [0.15, 0.2) is 0 Å². The second-order valence-corrected chi connectivity index (χ2v) is 7.59. The molecule has 2 rings (SSSR count). The maximum absolute atomic E-state index is 12.6. The first-order valence-corrected chi connectivity index (χ1v) is 8.94. The zero-order valence-electron chi connectivity index (χ0n) is 15.4. The number of hydrogen-bond acceptors (Lipinski definition) is 4. The molecule has 1 saturated carbocycles. The van der Waals surface area contributed by atoms with Crippen LogP contribution in [0.5, 0.6) is 0 Å². The fourth-order valence-corrected chi connectivity index (χ4v) is 3.84. The van der Waals surface area contributed by atoms with Gasteiger partial charge in [0.1, 0.15) is 17.9 Å². The number of Topliss-reactive ketones (excluding diaryl/α,β-unsaturated/α-hetero) is 2. The molecule has 0 aromatic heterocycles. The molecule has 0 saturated heterocycles. The zero-order chi connectivity index (χ0) is 18.5. The van der Waals surface area contributed by atoms with Crippen molar-refractivity contribution >= 4 is 17.9 Å². The Balaban J connectivity index is 2.10. The highest BCUT2D eigenvalue weighted by molar-refractivity contribution is 5.91. The van der Waals surface area contributed by atoms with E-state index in [1.165, 1.54) is 6.92 Å². The number of benzene rings is 1. The third kappa shape index (κ3) is 4.06. The van der Waals surface area contributed by atoms with Gasteiger partial charge in [0.2, 0.25) is 0 Å². The highest BCUT2D eigenvalue weighted by Crippen LogP contribution is 2.53. The summed E-state index contributed by atoms with van der Waals surface area (Å²) < 4.78 is 5.87. The lowest BCUT2D eigenvalue weighted by atomic mass is 9.51. The molecule has 1 fully saturated rings. The summed E-state index contributed by atoms with van der Waals surface area (Å²) in [4.78, 5) is 36.1. The summed E-state index contributed by atoms with van der Waals surface area (Å²) in [5.41, 5.74) is -0.532. The molecule has 0 bridgehead atoms. The van der Waals surface area contributed by atoms with Crippen molar-refractivity contribution in [2.45, 2.75) is 53.1 Å². The Kier molecular flexibility index (Phi) is 6.28. The fraction of sp³-hybridized carbons (Fsp3) is 0.571. The highest BCUT2D eigenvalue weighted by atomic mass is 16.5. The zero-order valence-corrected chi connectivity index (χ0v) is 15.4. The Hall–Kier alpha value is -1.81. The standard InChI is InChI=1S/C21H28O4/c1-16(23)11-12-20(2)19(24)10-9-18(21(20,3)15-22)14-25-13-17-7-5-4-6-8-17/h4-8,15,18H,9-14H2,1-3H3/t18-,20-,21-/m0/s1. The van der Waals surface area contributed by atoms with Crippen LogP contribution in [0.2, 0.25) is 0 Å². The predicted octanol–water partition coefficient (Wildman–Crippen LogP) is 3.76. The first kappa shape index (κ1) is 19.5. The molecule has 1 aromatic carbocycles. The molecular weight excluding hydrogens is 316 g/mol. The number of aldehydes is 1. The van der Waals surface area contributed by atoms with Gasteiger partial charge in [-0.3, -0.25) is 4.79 Å². The van der Waals surface area contributed by atoms with Crippen LogP contribution in [-0.4, -0.2) is 24.5 Å². The minimum absolute atomic E-state index is 0.0247. The van der Waals surface area contributed by atoms with Crippen LogP contribution >= 0.6 is 0 Å². The molecule has 0 amide bonds. The number of ether oxygens (including phenoxy) is 1. The molecule has 0 radical (unpaired) electrons. The smallest absolute Gasteiger partial charge is 0.139 e. The van der Waals surface area contributed by atoms with Gasteiger partial charge >= 0.3 is 0 Å². The second-order valence-electron chi connectivity index (χ2n) is 7.59. The van der Waals surface area contributed by atoms with Gasteiger partial charge in [-0.15, -0.1) is 0 Å².